The highest BCUT2D eigenvalue weighted by Crippen LogP contribution is 2.31. The first-order chi connectivity index (χ1) is 12.1. The molecule has 7 heteroatoms. The number of likely N-dealkylation sites (tertiary alicyclic amines) is 1. The number of piperidine rings is 1. The smallest absolute Gasteiger partial charge is 0.271 e. The van der Waals surface area contributed by atoms with E-state index < -0.39 is 0 Å². The Hall–Kier alpha value is -2.44. The van der Waals surface area contributed by atoms with E-state index in [4.69, 9.17) is 9.97 Å². The number of nitrogens with zero attached hydrogens (tertiary/aromatic N) is 5. The van der Waals surface area contributed by atoms with Crippen molar-refractivity contribution in [1.29, 1.82) is 0 Å². The first-order valence-electron chi connectivity index (χ1n) is 9.00. The number of anilines is 1. The van der Waals surface area contributed by atoms with Crippen LogP contribution in [0.3, 0.4) is 0 Å². The van der Waals surface area contributed by atoms with Gasteiger partial charge in [0.25, 0.3) is 5.91 Å². The van der Waals surface area contributed by atoms with Crippen molar-refractivity contribution in [3.8, 4) is 0 Å². The van der Waals surface area contributed by atoms with Crippen molar-refractivity contribution >= 4 is 11.7 Å². The second kappa shape index (κ2) is 6.46. The Kier molecular flexibility index (Phi) is 4.15. The number of amides is 1. The topological polar surface area (TPSA) is 78.0 Å². The number of hydrogen-bond donors (Lipinski definition) is 1. The molecule has 0 bridgehead atoms. The van der Waals surface area contributed by atoms with Crippen molar-refractivity contribution in [1.82, 2.24) is 25.1 Å². The van der Waals surface area contributed by atoms with Gasteiger partial charge < -0.3 is 9.80 Å². The van der Waals surface area contributed by atoms with Crippen LogP contribution in [0.5, 0.6) is 0 Å². The van der Waals surface area contributed by atoms with Crippen LogP contribution >= 0.6 is 0 Å². The molecule has 2 aromatic heterocycles. The standard InChI is InChI=1S/C18H24N6O/c1-12-14-6-4-9-23(2)17(14)21-16(20-12)13-5-3-10-24(11-13)18(25)15-7-8-19-22-15/h7-8,13H,3-6,9-11H2,1-2H3,(H,19,22). The van der Waals surface area contributed by atoms with Gasteiger partial charge in [-0.1, -0.05) is 0 Å². The second-order valence-electron chi connectivity index (χ2n) is 7.06. The molecule has 4 rings (SSSR count). The maximum Gasteiger partial charge on any atom is 0.271 e. The minimum Gasteiger partial charge on any atom is -0.359 e. The largest absolute Gasteiger partial charge is 0.359 e. The number of carbonyl (C=O) groups excluding carboxylic acids is 1. The molecule has 2 aliphatic heterocycles. The van der Waals surface area contributed by atoms with Crippen LogP contribution in [0, 0.1) is 6.92 Å². The number of rotatable bonds is 2. The summed E-state index contributed by atoms with van der Waals surface area (Å²) in [5.41, 5.74) is 2.91. The zero-order valence-corrected chi connectivity index (χ0v) is 14.8. The Bertz CT molecular complexity index is 772. The first kappa shape index (κ1) is 16.1. The molecule has 0 radical (unpaired) electrons. The van der Waals surface area contributed by atoms with Crippen LogP contribution in [-0.2, 0) is 6.42 Å². The van der Waals surface area contributed by atoms with Crippen LogP contribution in [0.25, 0.3) is 0 Å². The molecule has 4 heterocycles. The molecule has 1 saturated heterocycles. The molecule has 25 heavy (non-hydrogen) atoms. The Morgan fingerprint density at radius 3 is 2.96 bits per heavy atom. The van der Waals surface area contributed by atoms with E-state index in [-0.39, 0.29) is 11.8 Å². The summed E-state index contributed by atoms with van der Waals surface area (Å²) < 4.78 is 0. The summed E-state index contributed by atoms with van der Waals surface area (Å²) in [4.78, 5) is 26.4. The highest BCUT2D eigenvalue weighted by atomic mass is 16.2. The summed E-state index contributed by atoms with van der Waals surface area (Å²) in [5, 5.41) is 6.65. The van der Waals surface area contributed by atoms with Crippen LogP contribution in [0.2, 0.25) is 0 Å². The minimum absolute atomic E-state index is 0.00833. The van der Waals surface area contributed by atoms with Crippen molar-refractivity contribution < 1.29 is 4.79 Å². The van der Waals surface area contributed by atoms with Gasteiger partial charge >= 0.3 is 0 Å². The van der Waals surface area contributed by atoms with Crippen LogP contribution in [0.4, 0.5) is 5.82 Å². The molecule has 0 spiro atoms. The lowest BCUT2D eigenvalue weighted by atomic mass is 9.96. The van der Waals surface area contributed by atoms with Gasteiger partial charge in [-0.3, -0.25) is 9.89 Å². The van der Waals surface area contributed by atoms with Crippen LogP contribution in [0.15, 0.2) is 12.3 Å². The molecule has 2 aliphatic rings. The molecule has 1 fully saturated rings. The van der Waals surface area contributed by atoms with Gasteiger partial charge in [-0.25, -0.2) is 9.97 Å². The SMILES string of the molecule is Cc1nc(C2CCCN(C(=O)c3ccn[nH]3)C2)nc2c1CCCN2C. The van der Waals surface area contributed by atoms with Gasteiger partial charge in [0.1, 0.15) is 17.3 Å². The van der Waals surface area contributed by atoms with Crippen molar-refractivity contribution in [2.45, 2.75) is 38.5 Å². The second-order valence-corrected chi connectivity index (χ2v) is 7.06. The molecule has 0 saturated carbocycles. The van der Waals surface area contributed by atoms with Crippen molar-refractivity contribution in [3.63, 3.8) is 0 Å². The van der Waals surface area contributed by atoms with Gasteiger partial charge in [-0.2, -0.15) is 5.10 Å². The first-order valence-corrected chi connectivity index (χ1v) is 9.00. The fraction of sp³-hybridized carbons (Fsp3) is 0.556. The van der Waals surface area contributed by atoms with Crippen LogP contribution in [-0.4, -0.2) is 57.7 Å². The molecule has 1 N–H and O–H groups in total. The summed E-state index contributed by atoms with van der Waals surface area (Å²) in [5.74, 6) is 2.16. The lowest BCUT2D eigenvalue weighted by molar-refractivity contribution is 0.0698. The average molecular weight is 340 g/mol. The van der Waals surface area contributed by atoms with E-state index >= 15 is 0 Å². The third kappa shape index (κ3) is 2.99. The number of H-pyrrole nitrogens is 1. The van der Waals surface area contributed by atoms with Gasteiger partial charge in [0, 0.05) is 50.1 Å². The Labute approximate surface area is 147 Å². The Morgan fingerprint density at radius 2 is 2.16 bits per heavy atom. The van der Waals surface area contributed by atoms with Gasteiger partial charge in [0.15, 0.2) is 0 Å². The van der Waals surface area contributed by atoms with Gasteiger partial charge in [-0.05, 0) is 38.7 Å². The van der Waals surface area contributed by atoms with Gasteiger partial charge in [-0.15, -0.1) is 0 Å². The number of aromatic nitrogens is 4. The number of hydrogen-bond acceptors (Lipinski definition) is 5. The fourth-order valence-electron chi connectivity index (χ4n) is 3.91. The van der Waals surface area contributed by atoms with E-state index in [1.54, 1.807) is 12.3 Å². The lowest BCUT2D eigenvalue weighted by Gasteiger charge is -2.33. The summed E-state index contributed by atoms with van der Waals surface area (Å²) >= 11 is 0. The number of fused-ring (bicyclic) bond motifs is 1. The van der Waals surface area contributed by atoms with Gasteiger partial charge in [0.05, 0.1) is 0 Å². The summed E-state index contributed by atoms with van der Waals surface area (Å²) in [7, 11) is 2.10. The third-order valence-corrected chi connectivity index (χ3v) is 5.30. The highest BCUT2D eigenvalue weighted by molar-refractivity contribution is 5.92. The summed E-state index contributed by atoms with van der Waals surface area (Å²) in [6.45, 7) is 4.56. The van der Waals surface area contributed by atoms with E-state index in [2.05, 4.69) is 29.1 Å². The lowest BCUT2D eigenvalue weighted by Crippen LogP contribution is -2.40. The van der Waals surface area contributed by atoms with Crippen molar-refractivity contribution in [3.05, 3.63) is 35.0 Å². The van der Waals surface area contributed by atoms with Crippen LogP contribution in [0.1, 0.15) is 52.8 Å². The number of carbonyl (C=O) groups is 1. The minimum atomic E-state index is 0.00833. The molecule has 0 aliphatic carbocycles. The zero-order chi connectivity index (χ0) is 17.4. The molecule has 132 valence electrons. The van der Waals surface area contributed by atoms with Gasteiger partial charge in [0.2, 0.25) is 0 Å². The van der Waals surface area contributed by atoms with Crippen molar-refractivity contribution in [2.24, 2.45) is 0 Å². The predicted molar refractivity (Wildman–Crippen MR) is 94.8 cm³/mol. The number of aromatic amines is 1. The van der Waals surface area contributed by atoms with E-state index in [1.807, 2.05) is 4.90 Å². The van der Waals surface area contributed by atoms with E-state index in [0.717, 1.165) is 56.1 Å². The Balaban J connectivity index is 1.58. The average Bonchev–Trinajstić information content (AvgIpc) is 3.16. The normalized spacial score (nSPS) is 20.5. The Morgan fingerprint density at radius 1 is 1.28 bits per heavy atom. The number of nitrogens with one attached hydrogen (secondary N) is 1. The van der Waals surface area contributed by atoms with E-state index in [0.29, 0.717) is 12.2 Å². The fourth-order valence-corrected chi connectivity index (χ4v) is 3.91. The summed E-state index contributed by atoms with van der Waals surface area (Å²) in [6.07, 6.45) is 5.82. The monoisotopic (exact) mass is 340 g/mol. The molecular formula is C18H24N6O. The van der Waals surface area contributed by atoms with E-state index in [1.165, 1.54) is 5.56 Å². The van der Waals surface area contributed by atoms with Crippen LogP contribution < -0.4 is 4.90 Å². The van der Waals surface area contributed by atoms with Crippen molar-refractivity contribution in [2.75, 3.05) is 31.6 Å². The molecule has 1 unspecified atom stereocenters. The maximum atomic E-state index is 12.6. The third-order valence-electron chi connectivity index (χ3n) is 5.30. The molecule has 2 aromatic rings. The molecular weight excluding hydrogens is 316 g/mol. The molecule has 1 atom stereocenters. The quantitative estimate of drug-likeness (QED) is 0.903. The maximum absolute atomic E-state index is 12.6. The van der Waals surface area contributed by atoms with E-state index in [9.17, 15) is 4.79 Å². The highest BCUT2D eigenvalue weighted by Gasteiger charge is 2.29. The molecule has 7 nitrogen and oxygen atoms in total. The number of aryl methyl sites for hydroxylation is 1. The predicted octanol–water partition coefficient (Wildman–Crippen LogP) is 1.91. The molecule has 1 amide bonds. The summed E-state index contributed by atoms with van der Waals surface area (Å²) in [6, 6.07) is 1.72. The zero-order valence-electron chi connectivity index (χ0n) is 14.8. The molecule has 0 aromatic carbocycles.